The van der Waals surface area contributed by atoms with Crippen LogP contribution in [0.4, 0.5) is 13.2 Å². The van der Waals surface area contributed by atoms with E-state index in [-0.39, 0.29) is 23.8 Å². The summed E-state index contributed by atoms with van der Waals surface area (Å²) in [4.78, 5) is 16.3. The van der Waals surface area contributed by atoms with E-state index in [2.05, 4.69) is 15.2 Å². The highest BCUT2D eigenvalue weighted by Gasteiger charge is 2.30. The van der Waals surface area contributed by atoms with E-state index >= 15 is 0 Å². The minimum Gasteiger partial charge on any atom is -0.497 e. The van der Waals surface area contributed by atoms with Gasteiger partial charge in [-0.1, -0.05) is 17.3 Å². The molecule has 4 rings (SSSR count). The predicted molar refractivity (Wildman–Crippen MR) is 104 cm³/mol. The molecule has 7 nitrogen and oxygen atoms in total. The molecule has 4 aromatic rings. The minimum absolute atomic E-state index is 0.0135. The zero-order valence-electron chi connectivity index (χ0n) is 16.1. The summed E-state index contributed by atoms with van der Waals surface area (Å²) in [6, 6.07) is 14.7. The third kappa shape index (κ3) is 4.47. The summed E-state index contributed by atoms with van der Waals surface area (Å²) >= 11 is 0. The van der Waals surface area contributed by atoms with Crippen molar-refractivity contribution in [3.63, 3.8) is 0 Å². The molecule has 0 spiro atoms. The van der Waals surface area contributed by atoms with Gasteiger partial charge in [0, 0.05) is 17.2 Å². The number of hydrogen-bond acceptors (Lipinski definition) is 6. The molecule has 0 aliphatic carbocycles. The fraction of sp³-hybridized carbons (Fsp3) is 0.143. The largest absolute Gasteiger partial charge is 0.497 e. The number of rotatable bonds is 5. The van der Waals surface area contributed by atoms with Gasteiger partial charge in [0.05, 0.1) is 18.4 Å². The van der Waals surface area contributed by atoms with E-state index in [1.54, 1.807) is 37.4 Å². The van der Waals surface area contributed by atoms with Crippen molar-refractivity contribution in [1.29, 1.82) is 0 Å². The molecule has 0 aliphatic rings. The van der Waals surface area contributed by atoms with Gasteiger partial charge in [0.15, 0.2) is 0 Å². The van der Waals surface area contributed by atoms with Gasteiger partial charge in [0.1, 0.15) is 12.3 Å². The zero-order chi connectivity index (χ0) is 22.0. The first-order valence-electron chi connectivity index (χ1n) is 9.06. The molecule has 0 amide bonds. The summed E-state index contributed by atoms with van der Waals surface area (Å²) in [7, 11) is 1.56. The summed E-state index contributed by atoms with van der Waals surface area (Å²) in [6.45, 7) is -0.130. The molecule has 0 atom stereocenters. The van der Waals surface area contributed by atoms with Crippen molar-refractivity contribution in [3.8, 4) is 28.4 Å². The standard InChI is InChI=1S/C21H15F3N4O3/c1-30-16-7-5-13(6-8-16)17-9-10-19(29)28(26-17)12-18-25-20(27-31-18)14-3-2-4-15(11-14)21(22,23)24/h2-11H,12H2,1H3. The second-order valence-corrected chi connectivity index (χ2v) is 6.53. The summed E-state index contributed by atoms with van der Waals surface area (Å²) in [5.74, 6) is 0.708. The quantitative estimate of drug-likeness (QED) is 0.477. The molecule has 2 aromatic heterocycles. The first kappa shape index (κ1) is 20.3. The van der Waals surface area contributed by atoms with Gasteiger partial charge < -0.3 is 9.26 Å². The number of halogens is 3. The van der Waals surface area contributed by atoms with Gasteiger partial charge in [-0.2, -0.15) is 23.3 Å². The molecule has 0 aliphatic heterocycles. The van der Waals surface area contributed by atoms with E-state index in [9.17, 15) is 18.0 Å². The van der Waals surface area contributed by atoms with Crippen LogP contribution in [0.3, 0.4) is 0 Å². The normalized spacial score (nSPS) is 11.5. The van der Waals surface area contributed by atoms with Crippen LogP contribution in [-0.2, 0) is 12.7 Å². The Bertz CT molecular complexity index is 1260. The van der Waals surface area contributed by atoms with Gasteiger partial charge in [-0.3, -0.25) is 4.79 Å². The van der Waals surface area contributed by atoms with Gasteiger partial charge in [0.2, 0.25) is 11.7 Å². The fourth-order valence-corrected chi connectivity index (χ4v) is 2.88. The van der Waals surface area contributed by atoms with E-state index in [0.29, 0.717) is 11.4 Å². The Hall–Kier alpha value is -3.95. The molecule has 2 aromatic carbocycles. The highest BCUT2D eigenvalue weighted by atomic mass is 19.4. The molecule has 0 fully saturated rings. The number of hydrogen-bond donors (Lipinski definition) is 0. The summed E-state index contributed by atoms with van der Waals surface area (Å²) in [5, 5.41) is 8.03. The van der Waals surface area contributed by atoms with Gasteiger partial charge >= 0.3 is 6.18 Å². The van der Waals surface area contributed by atoms with Crippen molar-refractivity contribution in [2.75, 3.05) is 7.11 Å². The lowest BCUT2D eigenvalue weighted by molar-refractivity contribution is -0.137. The maximum absolute atomic E-state index is 12.9. The van der Waals surface area contributed by atoms with Crippen LogP contribution in [0, 0.1) is 0 Å². The van der Waals surface area contributed by atoms with Gasteiger partial charge in [0.25, 0.3) is 5.56 Å². The first-order valence-corrected chi connectivity index (χ1v) is 9.06. The van der Waals surface area contributed by atoms with E-state index in [0.717, 1.165) is 22.4 Å². The van der Waals surface area contributed by atoms with Crippen LogP contribution < -0.4 is 10.3 Å². The molecule has 0 N–H and O–H groups in total. The zero-order valence-corrected chi connectivity index (χ0v) is 16.1. The SMILES string of the molecule is COc1ccc(-c2ccc(=O)n(Cc3nc(-c4cccc(C(F)(F)F)c4)no3)n2)cc1. The highest BCUT2D eigenvalue weighted by Crippen LogP contribution is 2.31. The Kier molecular flexibility index (Phi) is 5.28. The lowest BCUT2D eigenvalue weighted by Gasteiger charge is -2.06. The predicted octanol–water partition coefficient (Wildman–Crippen LogP) is 4.04. The van der Waals surface area contributed by atoms with Crippen molar-refractivity contribution in [2.24, 2.45) is 0 Å². The average molecular weight is 428 g/mol. The first-order chi connectivity index (χ1) is 14.8. The van der Waals surface area contributed by atoms with Gasteiger partial charge in [-0.05, 0) is 42.5 Å². The van der Waals surface area contributed by atoms with Crippen molar-refractivity contribution in [2.45, 2.75) is 12.7 Å². The molecule has 2 heterocycles. The fourth-order valence-electron chi connectivity index (χ4n) is 2.88. The summed E-state index contributed by atoms with van der Waals surface area (Å²) < 4.78 is 50.2. The van der Waals surface area contributed by atoms with Crippen LogP contribution >= 0.6 is 0 Å². The Morgan fingerprint density at radius 1 is 1.03 bits per heavy atom. The van der Waals surface area contributed by atoms with Crippen LogP contribution in [0.5, 0.6) is 5.75 Å². The van der Waals surface area contributed by atoms with Gasteiger partial charge in [-0.15, -0.1) is 0 Å². The molecular weight excluding hydrogens is 413 g/mol. The van der Waals surface area contributed by atoms with Crippen LogP contribution in [-0.4, -0.2) is 27.0 Å². The van der Waals surface area contributed by atoms with Crippen molar-refractivity contribution in [1.82, 2.24) is 19.9 Å². The summed E-state index contributed by atoms with van der Waals surface area (Å²) in [6.07, 6.45) is -4.48. The third-order valence-electron chi connectivity index (χ3n) is 4.45. The molecule has 31 heavy (non-hydrogen) atoms. The van der Waals surface area contributed by atoms with E-state index in [1.165, 1.54) is 18.2 Å². The highest BCUT2D eigenvalue weighted by molar-refractivity contribution is 5.59. The number of ether oxygens (including phenoxy) is 1. The van der Waals surface area contributed by atoms with Crippen LogP contribution in [0.2, 0.25) is 0 Å². The molecule has 0 saturated heterocycles. The van der Waals surface area contributed by atoms with Crippen LogP contribution in [0.25, 0.3) is 22.6 Å². The minimum atomic E-state index is -4.48. The van der Waals surface area contributed by atoms with E-state index < -0.39 is 17.3 Å². The Morgan fingerprint density at radius 2 is 1.81 bits per heavy atom. The van der Waals surface area contributed by atoms with Crippen molar-refractivity contribution >= 4 is 0 Å². The number of benzene rings is 2. The van der Waals surface area contributed by atoms with Crippen LogP contribution in [0.1, 0.15) is 11.5 Å². The monoisotopic (exact) mass is 428 g/mol. The Labute approximate surface area is 173 Å². The maximum atomic E-state index is 12.9. The molecule has 158 valence electrons. The molecule has 0 unspecified atom stereocenters. The smallest absolute Gasteiger partial charge is 0.416 e. The lowest BCUT2D eigenvalue weighted by atomic mass is 10.1. The molecule has 0 radical (unpaired) electrons. The Morgan fingerprint density at radius 3 is 2.52 bits per heavy atom. The molecule has 0 saturated carbocycles. The number of nitrogens with zero attached hydrogens (tertiary/aromatic N) is 4. The van der Waals surface area contributed by atoms with Crippen molar-refractivity contribution in [3.05, 3.63) is 82.5 Å². The second-order valence-electron chi connectivity index (χ2n) is 6.53. The maximum Gasteiger partial charge on any atom is 0.416 e. The van der Waals surface area contributed by atoms with Crippen LogP contribution in [0.15, 0.2) is 70.0 Å². The number of methoxy groups -OCH3 is 1. The topological polar surface area (TPSA) is 83.0 Å². The van der Waals surface area contributed by atoms with E-state index in [1.807, 2.05) is 0 Å². The number of alkyl halides is 3. The van der Waals surface area contributed by atoms with Crippen molar-refractivity contribution < 1.29 is 22.4 Å². The number of aromatic nitrogens is 4. The van der Waals surface area contributed by atoms with E-state index in [4.69, 9.17) is 9.26 Å². The second kappa shape index (κ2) is 8.05. The van der Waals surface area contributed by atoms with Gasteiger partial charge in [-0.25, -0.2) is 4.68 Å². The lowest BCUT2D eigenvalue weighted by Crippen LogP contribution is -2.23. The summed E-state index contributed by atoms with van der Waals surface area (Å²) in [5.41, 5.74) is 0.249. The molecular formula is C21H15F3N4O3. The average Bonchev–Trinajstić information content (AvgIpc) is 3.23. The molecule has 10 heteroatoms. The third-order valence-corrected chi connectivity index (χ3v) is 4.45. The Balaban J connectivity index is 1.59. The molecule has 0 bridgehead atoms.